The van der Waals surface area contributed by atoms with Gasteiger partial charge in [0.15, 0.2) is 6.10 Å². The van der Waals surface area contributed by atoms with Crippen molar-refractivity contribution in [3.05, 3.63) is 53.9 Å². The summed E-state index contributed by atoms with van der Waals surface area (Å²) in [5.41, 5.74) is 1.49. The summed E-state index contributed by atoms with van der Waals surface area (Å²) in [5.74, 6) is 0.703. The van der Waals surface area contributed by atoms with Crippen molar-refractivity contribution in [3.8, 4) is 11.5 Å². The van der Waals surface area contributed by atoms with Crippen LogP contribution in [-0.4, -0.2) is 17.2 Å². The molecule has 126 valence electrons. The minimum atomic E-state index is -4.71. The Morgan fingerprint density at radius 2 is 1.88 bits per heavy atom. The Labute approximate surface area is 135 Å². The van der Waals surface area contributed by atoms with E-state index < -0.39 is 12.5 Å². The molecular formula is C16H13F3N2O3. The van der Waals surface area contributed by atoms with Crippen LogP contribution in [0.2, 0.25) is 0 Å². The minimum absolute atomic E-state index is 0.283. The van der Waals surface area contributed by atoms with Crippen molar-refractivity contribution >= 4 is 5.90 Å². The van der Waals surface area contributed by atoms with Crippen molar-refractivity contribution in [1.82, 2.24) is 4.98 Å². The first-order valence-electron chi connectivity index (χ1n) is 7.08. The number of ether oxygens (including phenoxy) is 2. The summed E-state index contributed by atoms with van der Waals surface area (Å²) in [6.45, 7) is 1.84. The van der Waals surface area contributed by atoms with Gasteiger partial charge in [-0.3, -0.25) is 4.98 Å². The van der Waals surface area contributed by atoms with E-state index in [9.17, 15) is 13.2 Å². The van der Waals surface area contributed by atoms with Gasteiger partial charge in [0, 0.05) is 18.0 Å². The summed E-state index contributed by atoms with van der Waals surface area (Å²) in [4.78, 5) is 9.35. The summed E-state index contributed by atoms with van der Waals surface area (Å²) in [6, 6.07) is 8.93. The molecule has 0 amide bonds. The molecule has 0 N–H and O–H groups in total. The van der Waals surface area contributed by atoms with Crippen molar-refractivity contribution in [2.24, 2.45) is 5.16 Å². The molecule has 0 fully saturated rings. The van der Waals surface area contributed by atoms with Crippen LogP contribution in [-0.2, 0) is 4.84 Å². The Morgan fingerprint density at radius 1 is 1.12 bits per heavy atom. The molecule has 1 atom stereocenters. The van der Waals surface area contributed by atoms with Crippen LogP contribution in [0, 0.1) is 6.92 Å². The third kappa shape index (κ3) is 4.15. The summed E-state index contributed by atoms with van der Waals surface area (Å²) in [7, 11) is 0. The SMILES string of the molecule is Cc1cc(OC2=NO[C@@H](c3ccc(OC(F)(F)F)cc3)C2)ccn1. The minimum Gasteiger partial charge on any atom is -0.439 e. The fourth-order valence-electron chi connectivity index (χ4n) is 2.20. The number of alkyl halides is 3. The molecule has 0 spiro atoms. The van der Waals surface area contributed by atoms with Crippen molar-refractivity contribution < 1.29 is 27.5 Å². The Hall–Kier alpha value is -2.77. The highest BCUT2D eigenvalue weighted by Gasteiger charge is 2.31. The van der Waals surface area contributed by atoms with Gasteiger partial charge in [-0.1, -0.05) is 17.3 Å². The molecule has 0 aliphatic carbocycles. The molecule has 0 unspecified atom stereocenters. The Balaban J connectivity index is 1.60. The molecular weight excluding hydrogens is 325 g/mol. The van der Waals surface area contributed by atoms with Crippen LogP contribution in [0.15, 0.2) is 47.8 Å². The number of halogens is 3. The van der Waals surface area contributed by atoms with Crippen molar-refractivity contribution in [3.63, 3.8) is 0 Å². The van der Waals surface area contributed by atoms with E-state index in [2.05, 4.69) is 14.9 Å². The molecule has 1 aromatic heterocycles. The third-order valence-electron chi connectivity index (χ3n) is 3.23. The number of hydrogen-bond acceptors (Lipinski definition) is 5. The molecule has 8 heteroatoms. The van der Waals surface area contributed by atoms with Gasteiger partial charge < -0.3 is 14.3 Å². The molecule has 1 aliphatic heterocycles. The van der Waals surface area contributed by atoms with Gasteiger partial charge in [-0.05, 0) is 30.7 Å². The molecule has 24 heavy (non-hydrogen) atoms. The smallest absolute Gasteiger partial charge is 0.439 e. The Morgan fingerprint density at radius 3 is 2.54 bits per heavy atom. The van der Waals surface area contributed by atoms with Crippen LogP contribution >= 0.6 is 0 Å². The van der Waals surface area contributed by atoms with Gasteiger partial charge >= 0.3 is 6.36 Å². The average Bonchev–Trinajstić information content (AvgIpc) is 2.95. The second kappa shape index (κ2) is 6.38. The quantitative estimate of drug-likeness (QED) is 0.844. The molecule has 1 aromatic carbocycles. The molecule has 3 rings (SSSR count). The van der Waals surface area contributed by atoms with Crippen LogP contribution < -0.4 is 9.47 Å². The van der Waals surface area contributed by atoms with E-state index >= 15 is 0 Å². The molecule has 0 saturated heterocycles. The monoisotopic (exact) mass is 338 g/mol. The van der Waals surface area contributed by atoms with Gasteiger partial charge in [-0.2, -0.15) is 0 Å². The first kappa shape index (κ1) is 16.1. The first-order chi connectivity index (χ1) is 11.4. The van der Waals surface area contributed by atoms with E-state index in [1.54, 1.807) is 18.3 Å². The number of aromatic nitrogens is 1. The number of hydrogen-bond donors (Lipinski definition) is 0. The van der Waals surface area contributed by atoms with E-state index in [-0.39, 0.29) is 5.75 Å². The summed E-state index contributed by atoms with van der Waals surface area (Å²) in [5, 5.41) is 3.86. The summed E-state index contributed by atoms with van der Waals surface area (Å²) < 4.78 is 45.9. The Bertz CT molecular complexity index is 745. The fraction of sp³-hybridized carbons (Fsp3) is 0.250. The lowest BCUT2D eigenvalue weighted by atomic mass is 10.1. The second-order valence-corrected chi connectivity index (χ2v) is 5.14. The molecule has 2 aromatic rings. The van der Waals surface area contributed by atoms with Crippen molar-refractivity contribution in [1.29, 1.82) is 0 Å². The van der Waals surface area contributed by atoms with Gasteiger partial charge in [0.25, 0.3) is 0 Å². The molecule has 1 aliphatic rings. The molecule has 2 heterocycles. The van der Waals surface area contributed by atoms with Gasteiger partial charge in [-0.15, -0.1) is 13.2 Å². The number of oxime groups is 1. The van der Waals surface area contributed by atoms with Gasteiger partial charge in [0.2, 0.25) is 5.90 Å². The van der Waals surface area contributed by atoms with Crippen LogP contribution in [0.1, 0.15) is 23.8 Å². The second-order valence-electron chi connectivity index (χ2n) is 5.14. The maximum absolute atomic E-state index is 12.1. The number of benzene rings is 1. The van der Waals surface area contributed by atoms with Crippen molar-refractivity contribution in [2.45, 2.75) is 25.8 Å². The first-order valence-corrected chi connectivity index (χ1v) is 7.08. The predicted molar refractivity (Wildman–Crippen MR) is 78.6 cm³/mol. The van der Waals surface area contributed by atoms with Crippen LogP contribution in [0.5, 0.6) is 11.5 Å². The van der Waals surface area contributed by atoms with Gasteiger partial charge in [-0.25, -0.2) is 0 Å². The zero-order valence-corrected chi connectivity index (χ0v) is 12.6. The number of rotatable bonds is 3. The van der Waals surface area contributed by atoms with Gasteiger partial charge in [0.1, 0.15) is 11.5 Å². The lowest BCUT2D eigenvalue weighted by molar-refractivity contribution is -0.274. The average molecular weight is 338 g/mol. The number of pyridine rings is 1. The van der Waals surface area contributed by atoms with Crippen molar-refractivity contribution in [2.75, 3.05) is 0 Å². The number of aryl methyl sites for hydroxylation is 1. The molecule has 0 bridgehead atoms. The fourth-order valence-corrected chi connectivity index (χ4v) is 2.20. The largest absolute Gasteiger partial charge is 0.573 e. The van der Waals surface area contributed by atoms with E-state index in [1.807, 2.05) is 6.92 Å². The molecule has 5 nitrogen and oxygen atoms in total. The van der Waals surface area contributed by atoms with Gasteiger partial charge in [0.05, 0.1) is 6.42 Å². The number of nitrogens with zero attached hydrogens (tertiary/aromatic N) is 2. The summed E-state index contributed by atoms with van der Waals surface area (Å²) >= 11 is 0. The van der Waals surface area contributed by atoms with E-state index in [0.29, 0.717) is 23.6 Å². The standard InChI is InChI=1S/C16H13F3N2O3/c1-10-8-13(6-7-20-10)22-15-9-14(24-21-15)11-2-4-12(5-3-11)23-16(17,18)19/h2-8,14H,9H2,1H3/t14-/m1/s1. The highest BCUT2D eigenvalue weighted by Crippen LogP contribution is 2.30. The van der Waals surface area contributed by atoms with Crippen LogP contribution in [0.25, 0.3) is 0 Å². The zero-order chi connectivity index (χ0) is 17.2. The third-order valence-corrected chi connectivity index (χ3v) is 3.23. The zero-order valence-electron chi connectivity index (χ0n) is 12.6. The van der Waals surface area contributed by atoms with E-state index in [4.69, 9.17) is 9.57 Å². The lowest BCUT2D eigenvalue weighted by Crippen LogP contribution is -2.17. The van der Waals surface area contributed by atoms with E-state index in [0.717, 1.165) is 5.69 Å². The maximum atomic E-state index is 12.1. The Kier molecular flexibility index (Phi) is 4.28. The highest BCUT2D eigenvalue weighted by atomic mass is 19.4. The lowest BCUT2D eigenvalue weighted by Gasteiger charge is -2.11. The maximum Gasteiger partial charge on any atom is 0.573 e. The molecule has 0 saturated carbocycles. The molecule has 0 radical (unpaired) electrons. The van der Waals surface area contributed by atoms with Crippen LogP contribution in [0.4, 0.5) is 13.2 Å². The van der Waals surface area contributed by atoms with Crippen LogP contribution in [0.3, 0.4) is 0 Å². The predicted octanol–water partition coefficient (Wildman–Crippen LogP) is 4.14. The van der Waals surface area contributed by atoms with E-state index in [1.165, 1.54) is 24.3 Å². The summed E-state index contributed by atoms with van der Waals surface area (Å²) in [6.07, 6.45) is -3.13. The highest BCUT2D eigenvalue weighted by molar-refractivity contribution is 5.79. The normalized spacial score (nSPS) is 17.2. The topological polar surface area (TPSA) is 52.9 Å².